The number of thiazole rings is 1. The maximum Gasteiger partial charge on any atom is 0.279 e. The molecule has 1 saturated heterocycles. The van der Waals surface area contributed by atoms with Crippen LogP contribution in [-0.4, -0.2) is 49.5 Å². The molecule has 1 fully saturated rings. The predicted octanol–water partition coefficient (Wildman–Crippen LogP) is 2.48. The zero-order chi connectivity index (χ0) is 20.4. The monoisotopic (exact) mass is 431 g/mol. The number of carbonyl (C=O) groups excluding carboxylic acids is 1. The quantitative estimate of drug-likeness (QED) is 0.636. The second-order valence-electron chi connectivity index (χ2n) is 6.55. The van der Waals surface area contributed by atoms with Gasteiger partial charge in [-0.15, -0.1) is 0 Å². The van der Waals surface area contributed by atoms with E-state index >= 15 is 0 Å². The van der Waals surface area contributed by atoms with Crippen LogP contribution < -0.4 is 4.80 Å². The number of hydrogen-bond donors (Lipinski definition) is 0. The highest BCUT2D eigenvalue weighted by Crippen LogP contribution is 2.19. The molecular formula is C20H21N3O4S2. The number of carbonyl (C=O) groups is 1. The minimum atomic E-state index is -3.58. The van der Waals surface area contributed by atoms with Crippen molar-refractivity contribution in [2.24, 2.45) is 4.99 Å². The largest absolute Gasteiger partial charge is 0.379 e. The number of hydrogen-bond acceptors (Lipinski definition) is 5. The van der Waals surface area contributed by atoms with Gasteiger partial charge in [-0.25, -0.2) is 8.42 Å². The molecule has 3 aromatic rings. The fourth-order valence-corrected chi connectivity index (χ4v) is 5.77. The average molecular weight is 432 g/mol. The molecule has 0 N–H and O–H groups in total. The number of aromatic nitrogens is 1. The molecule has 0 bridgehead atoms. The van der Waals surface area contributed by atoms with Crippen molar-refractivity contribution in [2.45, 2.75) is 18.4 Å². The van der Waals surface area contributed by atoms with E-state index < -0.39 is 15.9 Å². The second-order valence-corrected chi connectivity index (χ2v) is 9.50. The van der Waals surface area contributed by atoms with Crippen molar-refractivity contribution < 1.29 is 17.9 Å². The summed E-state index contributed by atoms with van der Waals surface area (Å²) in [4.78, 5) is 17.8. The molecule has 1 aliphatic rings. The maximum atomic E-state index is 12.7. The molecule has 4 rings (SSSR count). The summed E-state index contributed by atoms with van der Waals surface area (Å²) in [6, 6.07) is 13.9. The smallest absolute Gasteiger partial charge is 0.279 e. The first-order valence-electron chi connectivity index (χ1n) is 9.36. The van der Waals surface area contributed by atoms with Crippen molar-refractivity contribution in [1.29, 1.82) is 0 Å². The van der Waals surface area contributed by atoms with Crippen molar-refractivity contribution >= 4 is 37.5 Å². The van der Waals surface area contributed by atoms with Crippen LogP contribution in [0.1, 0.15) is 17.3 Å². The average Bonchev–Trinajstić information content (AvgIpc) is 3.11. The van der Waals surface area contributed by atoms with Crippen LogP contribution in [0.2, 0.25) is 0 Å². The van der Waals surface area contributed by atoms with Gasteiger partial charge in [0.25, 0.3) is 5.91 Å². The molecule has 152 valence electrons. The number of para-hydroxylation sites is 1. The molecule has 2 heterocycles. The van der Waals surface area contributed by atoms with Gasteiger partial charge in [-0.1, -0.05) is 23.5 Å². The van der Waals surface area contributed by atoms with E-state index in [1.165, 1.54) is 39.9 Å². The van der Waals surface area contributed by atoms with E-state index in [9.17, 15) is 13.2 Å². The van der Waals surface area contributed by atoms with Gasteiger partial charge < -0.3 is 9.30 Å². The summed E-state index contributed by atoms with van der Waals surface area (Å²) in [6.45, 7) is 4.16. The Morgan fingerprint density at radius 1 is 1.10 bits per heavy atom. The molecule has 0 radical (unpaired) electrons. The molecular weight excluding hydrogens is 410 g/mol. The van der Waals surface area contributed by atoms with E-state index in [4.69, 9.17) is 4.74 Å². The van der Waals surface area contributed by atoms with E-state index in [1.807, 2.05) is 35.8 Å². The highest BCUT2D eigenvalue weighted by Gasteiger charge is 2.26. The Bertz CT molecular complexity index is 1200. The van der Waals surface area contributed by atoms with Gasteiger partial charge in [-0.05, 0) is 43.3 Å². The SMILES string of the molecule is CCn1c(=NC(=O)c2ccc(S(=O)(=O)N3CCOCC3)cc2)sc2ccccc21. The topological polar surface area (TPSA) is 81.0 Å². The molecule has 9 heteroatoms. The minimum Gasteiger partial charge on any atom is -0.379 e. The zero-order valence-electron chi connectivity index (χ0n) is 15.9. The first kappa shape index (κ1) is 20.0. The van der Waals surface area contributed by atoms with Crippen molar-refractivity contribution in [2.75, 3.05) is 26.3 Å². The lowest BCUT2D eigenvalue weighted by molar-refractivity contribution is 0.0730. The van der Waals surface area contributed by atoms with Gasteiger partial charge in [0, 0.05) is 25.2 Å². The van der Waals surface area contributed by atoms with Gasteiger partial charge >= 0.3 is 0 Å². The first-order chi connectivity index (χ1) is 14.0. The Hall–Kier alpha value is -2.33. The highest BCUT2D eigenvalue weighted by molar-refractivity contribution is 7.89. The summed E-state index contributed by atoms with van der Waals surface area (Å²) >= 11 is 1.46. The Kier molecular flexibility index (Phi) is 5.64. The van der Waals surface area contributed by atoms with Crippen molar-refractivity contribution in [3.63, 3.8) is 0 Å². The third-order valence-electron chi connectivity index (χ3n) is 4.81. The number of morpholine rings is 1. The summed E-state index contributed by atoms with van der Waals surface area (Å²) < 4.78 is 35.1. The highest BCUT2D eigenvalue weighted by atomic mass is 32.2. The van der Waals surface area contributed by atoms with Crippen LogP contribution in [0.25, 0.3) is 10.2 Å². The third kappa shape index (κ3) is 3.91. The molecule has 7 nitrogen and oxygen atoms in total. The van der Waals surface area contributed by atoms with E-state index in [0.717, 1.165) is 10.2 Å². The maximum absolute atomic E-state index is 12.7. The van der Waals surface area contributed by atoms with Crippen LogP contribution in [0, 0.1) is 0 Å². The van der Waals surface area contributed by atoms with E-state index in [2.05, 4.69) is 4.99 Å². The standard InChI is InChI=1S/C20H21N3O4S2/c1-2-23-17-5-3-4-6-18(17)28-20(23)21-19(24)15-7-9-16(10-8-15)29(25,26)22-11-13-27-14-12-22/h3-10H,2,11-14H2,1H3. The molecule has 29 heavy (non-hydrogen) atoms. The van der Waals surface area contributed by atoms with Gasteiger partial charge in [0.1, 0.15) is 0 Å². The lowest BCUT2D eigenvalue weighted by Crippen LogP contribution is -2.40. The van der Waals surface area contributed by atoms with E-state index in [-0.39, 0.29) is 4.90 Å². The number of benzene rings is 2. The van der Waals surface area contributed by atoms with Crippen molar-refractivity contribution in [1.82, 2.24) is 8.87 Å². The third-order valence-corrected chi connectivity index (χ3v) is 7.78. The number of aryl methyl sites for hydroxylation is 1. The summed E-state index contributed by atoms with van der Waals surface area (Å²) in [5, 5.41) is 0. The molecule has 0 spiro atoms. The van der Waals surface area contributed by atoms with Gasteiger partial charge in [0.2, 0.25) is 10.0 Å². The molecule has 1 aromatic heterocycles. The van der Waals surface area contributed by atoms with Crippen LogP contribution in [0.3, 0.4) is 0 Å². The van der Waals surface area contributed by atoms with Crippen LogP contribution >= 0.6 is 11.3 Å². The van der Waals surface area contributed by atoms with Crippen molar-refractivity contribution in [3.8, 4) is 0 Å². The fraction of sp³-hybridized carbons (Fsp3) is 0.300. The number of fused-ring (bicyclic) bond motifs is 1. The molecule has 0 aliphatic carbocycles. The number of ether oxygens (including phenoxy) is 1. The Morgan fingerprint density at radius 3 is 2.48 bits per heavy atom. The van der Waals surface area contributed by atoms with Gasteiger partial charge in [-0.2, -0.15) is 9.30 Å². The molecule has 1 amide bonds. The number of sulfonamides is 1. The van der Waals surface area contributed by atoms with E-state index in [1.54, 1.807) is 0 Å². The molecule has 0 atom stereocenters. The summed E-state index contributed by atoms with van der Waals surface area (Å²) in [5.41, 5.74) is 1.39. The van der Waals surface area contributed by atoms with Crippen LogP contribution in [0.4, 0.5) is 0 Å². The van der Waals surface area contributed by atoms with E-state index in [0.29, 0.717) is 43.2 Å². The summed E-state index contributed by atoms with van der Waals surface area (Å²) in [7, 11) is -3.58. The van der Waals surface area contributed by atoms with Gasteiger partial charge in [0.05, 0.1) is 28.3 Å². The fourth-order valence-electron chi connectivity index (χ4n) is 3.27. The normalized spacial score (nSPS) is 16.4. The summed E-state index contributed by atoms with van der Waals surface area (Å²) in [5.74, 6) is -0.394. The lowest BCUT2D eigenvalue weighted by Gasteiger charge is -2.26. The zero-order valence-corrected chi connectivity index (χ0v) is 17.6. The van der Waals surface area contributed by atoms with Crippen molar-refractivity contribution in [3.05, 3.63) is 58.9 Å². The van der Waals surface area contributed by atoms with Crippen LogP contribution in [0.15, 0.2) is 58.4 Å². The van der Waals surface area contributed by atoms with Crippen LogP contribution in [-0.2, 0) is 21.3 Å². The number of rotatable bonds is 4. The predicted molar refractivity (Wildman–Crippen MR) is 111 cm³/mol. The van der Waals surface area contributed by atoms with Gasteiger partial charge in [0.15, 0.2) is 4.80 Å². The molecule has 2 aromatic carbocycles. The summed E-state index contributed by atoms with van der Waals surface area (Å²) in [6.07, 6.45) is 0. The lowest BCUT2D eigenvalue weighted by atomic mass is 10.2. The van der Waals surface area contributed by atoms with Crippen LogP contribution in [0.5, 0.6) is 0 Å². The second kappa shape index (κ2) is 8.19. The minimum absolute atomic E-state index is 0.168. The number of nitrogens with zero attached hydrogens (tertiary/aromatic N) is 3. The Balaban J connectivity index is 1.63. The Morgan fingerprint density at radius 2 is 1.79 bits per heavy atom. The number of amides is 1. The molecule has 0 unspecified atom stereocenters. The van der Waals surface area contributed by atoms with Gasteiger partial charge in [-0.3, -0.25) is 4.79 Å². The molecule has 1 aliphatic heterocycles. The molecule has 0 saturated carbocycles. The Labute approximate surface area is 172 Å². The first-order valence-corrected chi connectivity index (χ1v) is 11.6.